The summed E-state index contributed by atoms with van der Waals surface area (Å²) in [6, 6.07) is 10.8. The van der Waals surface area contributed by atoms with Crippen molar-refractivity contribution in [1.29, 1.82) is 0 Å². The topological polar surface area (TPSA) is 59.2 Å². The first-order chi connectivity index (χ1) is 9.33. The minimum Gasteiger partial charge on any atom is -0.507 e. The maximum absolute atomic E-state index is 9.71. The molecule has 19 heavy (non-hydrogen) atoms. The molecule has 0 bridgehead atoms. The first kappa shape index (κ1) is 11.7. The van der Waals surface area contributed by atoms with Crippen LogP contribution in [0.1, 0.15) is 10.7 Å². The largest absolute Gasteiger partial charge is 0.507 e. The standard InChI is InChI=1S/C14H10N2O2S/c17-12-6-2-1-5-11(12)14-15-13(16-18-14)8-7-10-4-3-9-19-10/h1-9,17H/b8-7+. The van der Waals surface area contributed by atoms with Crippen molar-refractivity contribution in [2.45, 2.75) is 0 Å². The lowest BCUT2D eigenvalue weighted by molar-refractivity contribution is 0.423. The monoisotopic (exact) mass is 270 g/mol. The molecule has 2 aromatic heterocycles. The van der Waals surface area contributed by atoms with Gasteiger partial charge in [-0.3, -0.25) is 0 Å². The van der Waals surface area contributed by atoms with Crippen LogP contribution in [0.15, 0.2) is 46.3 Å². The van der Waals surface area contributed by atoms with Crippen LogP contribution < -0.4 is 0 Å². The molecule has 0 atom stereocenters. The molecule has 0 aliphatic rings. The Balaban J connectivity index is 1.86. The van der Waals surface area contributed by atoms with Crippen molar-refractivity contribution >= 4 is 23.5 Å². The van der Waals surface area contributed by atoms with E-state index < -0.39 is 0 Å². The van der Waals surface area contributed by atoms with Gasteiger partial charge in [0.25, 0.3) is 5.89 Å². The Bertz CT molecular complexity index is 702. The Labute approximate surface area is 113 Å². The smallest absolute Gasteiger partial charge is 0.261 e. The third kappa shape index (κ3) is 2.56. The summed E-state index contributed by atoms with van der Waals surface area (Å²) in [7, 11) is 0. The normalized spacial score (nSPS) is 11.2. The molecule has 1 aromatic carbocycles. The third-order valence-electron chi connectivity index (χ3n) is 2.52. The number of thiophene rings is 1. The molecule has 0 amide bonds. The van der Waals surface area contributed by atoms with Crippen molar-refractivity contribution in [2.24, 2.45) is 0 Å². The summed E-state index contributed by atoms with van der Waals surface area (Å²) >= 11 is 1.63. The number of rotatable bonds is 3. The Hall–Kier alpha value is -2.40. The molecule has 0 aliphatic heterocycles. The number of hydrogen-bond acceptors (Lipinski definition) is 5. The zero-order valence-electron chi connectivity index (χ0n) is 9.85. The lowest BCUT2D eigenvalue weighted by Crippen LogP contribution is -1.79. The van der Waals surface area contributed by atoms with Crippen molar-refractivity contribution in [3.05, 3.63) is 52.5 Å². The molecule has 2 heterocycles. The summed E-state index contributed by atoms with van der Waals surface area (Å²) in [5.74, 6) is 0.913. The summed E-state index contributed by atoms with van der Waals surface area (Å²) in [6.45, 7) is 0. The van der Waals surface area contributed by atoms with Gasteiger partial charge < -0.3 is 9.63 Å². The SMILES string of the molecule is Oc1ccccc1-c1nc(/C=C/c2cccs2)no1. The second kappa shape index (κ2) is 5.07. The van der Waals surface area contributed by atoms with Gasteiger partial charge >= 0.3 is 0 Å². The van der Waals surface area contributed by atoms with E-state index >= 15 is 0 Å². The third-order valence-corrected chi connectivity index (χ3v) is 3.35. The maximum Gasteiger partial charge on any atom is 0.261 e. The summed E-state index contributed by atoms with van der Waals surface area (Å²) in [4.78, 5) is 5.34. The molecule has 3 rings (SSSR count). The Morgan fingerprint density at radius 3 is 2.79 bits per heavy atom. The average molecular weight is 270 g/mol. The van der Waals surface area contributed by atoms with Gasteiger partial charge in [0.2, 0.25) is 0 Å². The molecule has 5 heteroatoms. The van der Waals surface area contributed by atoms with Crippen LogP contribution in [0.5, 0.6) is 5.75 Å². The number of nitrogens with zero attached hydrogens (tertiary/aromatic N) is 2. The predicted molar refractivity (Wildman–Crippen MR) is 74.6 cm³/mol. The summed E-state index contributed by atoms with van der Waals surface area (Å²) in [6.07, 6.45) is 3.70. The fourth-order valence-electron chi connectivity index (χ4n) is 1.61. The second-order valence-corrected chi connectivity index (χ2v) is 4.80. The van der Waals surface area contributed by atoms with Crippen molar-refractivity contribution < 1.29 is 9.63 Å². The fraction of sp³-hybridized carbons (Fsp3) is 0. The number of hydrogen-bond donors (Lipinski definition) is 1. The van der Waals surface area contributed by atoms with E-state index in [2.05, 4.69) is 10.1 Å². The number of para-hydroxylation sites is 1. The van der Waals surface area contributed by atoms with E-state index in [1.54, 1.807) is 41.7 Å². The minimum absolute atomic E-state index is 0.125. The lowest BCUT2D eigenvalue weighted by Gasteiger charge is -1.96. The van der Waals surface area contributed by atoms with Crippen molar-refractivity contribution in [2.75, 3.05) is 0 Å². The lowest BCUT2D eigenvalue weighted by atomic mass is 10.2. The highest BCUT2D eigenvalue weighted by Crippen LogP contribution is 2.27. The average Bonchev–Trinajstić information content (AvgIpc) is 3.08. The van der Waals surface area contributed by atoms with Gasteiger partial charge in [0.15, 0.2) is 5.82 Å². The van der Waals surface area contributed by atoms with Crippen molar-refractivity contribution in [3.8, 4) is 17.2 Å². The zero-order valence-corrected chi connectivity index (χ0v) is 10.7. The van der Waals surface area contributed by atoms with E-state index in [4.69, 9.17) is 4.52 Å². The highest BCUT2D eigenvalue weighted by molar-refractivity contribution is 7.10. The van der Waals surface area contributed by atoms with Crippen LogP contribution in [-0.4, -0.2) is 15.2 Å². The second-order valence-electron chi connectivity index (χ2n) is 3.82. The number of aromatic nitrogens is 2. The van der Waals surface area contributed by atoms with E-state index in [-0.39, 0.29) is 5.75 Å². The molecule has 0 fully saturated rings. The molecule has 94 valence electrons. The van der Waals surface area contributed by atoms with Crippen molar-refractivity contribution in [1.82, 2.24) is 10.1 Å². The van der Waals surface area contributed by atoms with Crippen LogP contribution in [0.2, 0.25) is 0 Å². The predicted octanol–water partition coefficient (Wildman–Crippen LogP) is 3.67. The molecule has 0 radical (unpaired) electrons. The Kier molecular flexibility index (Phi) is 3.12. The van der Waals surface area contributed by atoms with Gasteiger partial charge in [-0.1, -0.05) is 23.4 Å². The molecule has 0 spiro atoms. The van der Waals surface area contributed by atoms with E-state index in [9.17, 15) is 5.11 Å². The molecule has 1 N–H and O–H groups in total. The maximum atomic E-state index is 9.71. The number of benzene rings is 1. The molecular formula is C14H10N2O2S. The van der Waals surface area contributed by atoms with E-state index in [1.165, 1.54) is 0 Å². The first-order valence-electron chi connectivity index (χ1n) is 5.66. The number of aromatic hydroxyl groups is 1. The van der Waals surface area contributed by atoms with Crippen LogP contribution in [0.4, 0.5) is 0 Å². The first-order valence-corrected chi connectivity index (χ1v) is 6.54. The van der Waals surface area contributed by atoms with Gasteiger partial charge in [0, 0.05) is 4.88 Å². The van der Waals surface area contributed by atoms with Crippen LogP contribution in [0.25, 0.3) is 23.6 Å². The molecule has 0 saturated carbocycles. The fourth-order valence-corrected chi connectivity index (χ4v) is 2.23. The molecule has 4 nitrogen and oxygen atoms in total. The van der Waals surface area contributed by atoms with Crippen LogP contribution in [0.3, 0.4) is 0 Å². The molecular weight excluding hydrogens is 260 g/mol. The van der Waals surface area contributed by atoms with Gasteiger partial charge in [-0.05, 0) is 35.7 Å². The van der Waals surface area contributed by atoms with Crippen LogP contribution in [-0.2, 0) is 0 Å². The molecule has 0 aliphatic carbocycles. The van der Waals surface area contributed by atoms with Crippen LogP contribution >= 0.6 is 11.3 Å². The highest BCUT2D eigenvalue weighted by Gasteiger charge is 2.10. The van der Waals surface area contributed by atoms with E-state index in [1.807, 2.05) is 23.6 Å². The van der Waals surface area contributed by atoms with Crippen LogP contribution in [0, 0.1) is 0 Å². The number of phenols is 1. The molecule has 0 saturated heterocycles. The molecule has 0 unspecified atom stereocenters. The number of phenolic OH excluding ortho intramolecular Hbond substituents is 1. The quantitative estimate of drug-likeness (QED) is 0.788. The Morgan fingerprint density at radius 1 is 1.11 bits per heavy atom. The summed E-state index contributed by atoms with van der Waals surface area (Å²) < 4.78 is 5.13. The van der Waals surface area contributed by atoms with E-state index in [0.29, 0.717) is 17.3 Å². The minimum atomic E-state index is 0.125. The molecule has 3 aromatic rings. The van der Waals surface area contributed by atoms with Crippen molar-refractivity contribution in [3.63, 3.8) is 0 Å². The van der Waals surface area contributed by atoms with Gasteiger partial charge in [-0.2, -0.15) is 4.98 Å². The van der Waals surface area contributed by atoms with Gasteiger partial charge in [-0.15, -0.1) is 11.3 Å². The summed E-state index contributed by atoms with van der Waals surface area (Å²) in [5.41, 5.74) is 0.533. The Morgan fingerprint density at radius 2 is 2.00 bits per heavy atom. The van der Waals surface area contributed by atoms with Gasteiger partial charge in [0.05, 0.1) is 5.56 Å². The van der Waals surface area contributed by atoms with Gasteiger partial charge in [-0.25, -0.2) is 0 Å². The highest BCUT2D eigenvalue weighted by atomic mass is 32.1. The van der Waals surface area contributed by atoms with E-state index in [0.717, 1.165) is 4.88 Å². The summed E-state index contributed by atoms with van der Waals surface area (Å²) in [5, 5.41) is 15.6. The van der Waals surface area contributed by atoms with Gasteiger partial charge in [0.1, 0.15) is 5.75 Å². The zero-order chi connectivity index (χ0) is 13.1.